The van der Waals surface area contributed by atoms with Gasteiger partial charge >= 0.3 is 0 Å². The van der Waals surface area contributed by atoms with Crippen molar-refractivity contribution in [3.63, 3.8) is 0 Å². The monoisotopic (exact) mass is 468 g/mol. The number of hydrogen-bond acceptors (Lipinski definition) is 8. The van der Waals surface area contributed by atoms with Crippen LogP contribution in [0.15, 0.2) is 24.3 Å². The molecule has 0 spiro atoms. The van der Waals surface area contributed by atoms with Gasteiger partial charge in [0.1, 0.15) is 11.4 Å². The summed E-state index contributed by atoms with van der Waals surface area (Å²) in [6.45, 7) is 3.70. The summed E-state index contributed by atoms with van der Waals surface area (Å²) in [6, 6.07) is 8.26. The molecule has 0 aliphatic carbocycles. The summed E-state index contributed by atoms with van der Waals surface area (Å²) in [5.41, 5.74) is 1.94. The first-order valence-electron chi connectivity index (χ1n) is 10.6. The molecule has 1 saturated heterocycles. The lowest BCUT2D eigenvalue weighted by Gasteiger charge is -2.31. The van der Waals surface area contributed by atoms with Crippen molar-refractivity contribution in [2.75, 3.05) is 27.3 Å². The first kappa shape index (κ1) is 21.2. The molecule has 7 nitrogen and oxygen atoms in total. The fourth-order valence-corrected chi connectivity index (χ4v) is 6.52. The van der Waals surface area contributed by atoms with Gasteiger partial charge in [0.2, 0.25) is 5.88 Å². The zero-order valence-corrected chi connectivity index (χ0v) is 19.9. The van der Waals surface area contributed by atoms with Gasteiger partial charge in [-0.3, -0.25) is 4.79 Å². The smallest absolute Gasteiger partial charge is 0.264 e. The second-order valence-corrected chi connectivity index (χ2v) is 9.97. The van der Waals surface area contributed by atoms with Crippen LogP contribution in [0.2, 0.25) is 0 Å². The molecule has 32 heavy (non-hydrogen) atoms. The minimum absolute atomic E-state index is 0.0589. The van der Waals surface area contributed by atoms with Gasteiger partial charge < -0.3 is 14.4 Å². The fraction of sp³-hybridized carbons (Fsp3) is 0.391. The van der Waals surface area contributed by atoms with Gasteiger partial charge in [0.05, 0.1) is 32.6 Å². The van der Waals surface area contributed by atoms with Crippen LogP contribution in [0, 0.1) is 6.92 Å². The van der Waals surface area contributed by atoms with E-state index in [1.54, 1.807) is 25.6 Å². The van der Waals surface area contributed by atoms with Crippen LogP contribution in [-0.2, 0) is 11.3 Å². The SMILES string of the molecule is COCc1nc(OC)c2c(C)c(C(=O)N3CCC(c4nc5ccccc5s4)CC3)sc2n1. The highest BCUT2D eigenvalue weighted by molar-refractivity contribution is 7.20. The largest absolute Gasteiger partial charge is 0.480 e. The van der Waals surface area contributed by atoms with E-state index in [9.17, 15) is 4.79 Å². The molecule has 1 fully saturated rings. The lowest BCUT2D eigenvalue weighted by molar-refractivity contribution is 0.0717. The highest BCUT2D eigenvalue weighted by atomic mass is 32.1. The minimum Gasteiger partial charge on any atom is -0.480 e. The molecule has 0 unspecified atom stereocenters. The third kappa shape index (κ3) is 3.74. The summed E-state index contributed by atoms with van der Waals surface area (Å²) in [5, 5.41) is 1.99. The maximum atomic E-state index is 13.4. The molecule has 166 valence electrons. The molecular formula is C23H24N4O3S2. The number of rotatable bonds is 5. The summed E-state index contributed by atoms with van der Waals surface area (Å²) in [4.78, 5) is 30.7. The van der Waals surface area contributed by atoms with Crippen molar-refractivity contribution in [3.05, 3.63) is 45.5 Å². The van der Waals surface area contributed by atoms with Gasteiger partial charge in [-0.15, -0.1) is 22.7 Å². The number of para-hydroxylation sites is 1. The molecule has 0 radical (unpaired) electrons. The first-order chi connectivity index (χ1) is 15.6. The van der Waals surface area contributed by atoms with Gasteiger partial charge in [-0.1, -0.05) is 12.1 Å². The van der Waals surface area contributed by atoms with Gasteiger partial charge in [-0.05, 0) is 37.5 Å². The van der Waals surface area contributed by atoms with Crippen LogP contribution >= 0.6 is 22.7 Å². The predicted octanol–water partition coefficient (Wildman–Crippen LogP) is 4.78. The summed E-state index contributed by atoms with van der Waals surface area (Å²) < 4.78 is 11.9. The van der Waals surface area contributed by atoms with E-state index in [0.29, 0.717) is 29.1 Å². The zero-order valence-electron chi connectivity index (χ0n) is 18.3. The number of carbonyl (C=O) groups is 1. The van der Waals surface area contributed by atoms with Gasteiger partial charge in [0, 0.05) is 26.1 Å². The summed E-state index contributed by atoms with van der Waals surface area (Å²) >= 11 is 3.18. The van der Waals surface area contributed by atoms with Crippen LogP contribution in [0.25, 0.3) is 20.4 Å². The number of thiophene rings is 1. The fourth-order valence-electron chi connectivity index (χ4n) is 4.23. The van der Waals surface area contributed by atoms with Crippen LogP contribution in [0.5, 0.6) is 5.88 Å². The molecule has 0 saturated carbocycles. The molecule has 9 heteroatoms. The number of aromatic nitrogens is 3. The van der Waals surface area contributed by atoms with Crippen LogP contribution < -0.4 is 4.74 Å². The Balaban J connectivity index is 1.36. The normalized spacial score (nSPS) is 15.0. The number of nitrogens with zero attached hydrogens (tertiary/aromatic N) is 4. The minimum atomic E-state index is 0.0589. The summed E-state index contributed by atoms with van der Waals surface area (Å²) in [5.74, 6) is 1.50. The average molecular weight is 469 g/mol. The van der Waals surface area contributed by atoms with Crippen LogP contribution in [0.1, 0.15) is 44.8 Å². The number of ether oxygens (including phenoxy) is 2. The molecule has 0 atom stereocenters. The highest BCUT2D eigenvalue weighted by Gasteiger charge is 2.29. The number of methoxy groups -OCH3 is 2. The molecule has 0 bridgehead atoms. The predicted molar refractivity (Wildman–Crippen MR) is 127 cm³/mol. The van der Waals surface area contributed by atoms with Gasteiger partial charge in [-0.25, -0.2) is 9.97 Å². The maximum absolute atomic E-state index is 13.4. The molecule has 1 aliphatic heterocycles. The standard InChI is InChI=1S/C23H24N4O3S2/c1-13-18-20(30-3)25-17(12-29-2)26-22(18)32-19(13)23(28)27-10-8-14(9-11-27)21-24-15-6-4-5-7-16(15)31-21/h4-7,14H,8-12H2,1-3H3. The number of benzene rings is 1. The van der Waals surface area contributed by atoms with E-state index in [1.807, 2.05) is 17.9 Å². The molecule has 1 aromatic carbocycles. The number of hydrogen-bond donors (Lipinski definition) is 0. The quantitative estimate of drug-likeness (QED) is 0.419. The van der Waals surface area contributed by atoms with E-state index >= 15 is 0 Å². The lowest BCUT2D eigenvalue weighted by atomic mass is 9.97. The van der Waals surface area contributed by atoms with Crippen molar-refractivity contribution >= 4 is 49.0 Å². The van der Waals surface area contributed by atoms with Crippen LogP contribution in [0.3, 0.4) is 0 Å². The number of carbonyl (C=O) groups excluding carboxylic acids is 1. The second kappa shape index (κ2) is 8.73. The lowest BCUT2D eigenvalue weighted by Crippen LogP contribution is -2.37. The first-order valence-corrected chi connectivity index (χ1v) is 12.2. The van der Waals surface area contributed by atoms with Crippen molar-refractivity contribution < 1.29 is 14.3 Å². The van der Waals surface area contributed by atoms with Gasteiger partial charge in [-0.2, -0.15) is 4.98 Å². The summed E-state index contributed by atoms with van der Waals surface area (Å²) in [6.07, 6.45) is 1.85. The Morgan fingerprint density at radius 1 is 1.12 bits per heavy atom. The maximum Gasteiger partial charge on any atom is 0.264 e. The molecular weight excluding hydrogens is 444 g/mol. The number of thiazole rings is 1. The Morgan fingerprint density at radius 2 is 1.91 bits per heavy atom. The molecule has 0 N–H and O–H groups in total. The molecule has 4 heterocycles. The number of fused-ring (bicyclic) bond motifs is 2. The number of amides is 1. The molecule has 3 aromatic heterocycles. The van der Waals surface area contributed by atoms with E-state index in [-0.39, 0.29) is 5.91 Å². The Kier molecular flexibility index (Phi) is 5.79. The van der Waals surface area contributed by atoms with Gasteiger partial charge in [0.25, 0.3) is 5.91 Å². The molecule has 4 aromatic rings. The van der Waals surface area contributed by atoms with Crippen LogP contribution in [0.4, 0.5) is 0 Å². The molecule has 5 rings (SSSR count). The second-order valence-electron chi connectivity index (χ2n) is 7.90. The molecule has 1 amide bonds. The Morgan fingerprint density at radius 3 is 2.62 bits per heavy atom. The Bertz CT molecular complexity index is 1260. The van der Waals surface area contributed by atoms with E-state index in [1.165, 1.54) is 21.0 Å². The average Bonchev–Trinajstić information content (AvgIpc) is 3.40. The van der Waals surface area contributed by atoms with E-state index in [2.05, 4.69) is 28.2 Å². The Hall–Kier alpha value is -2.62. The van der Waals surface area contributed by atoms with E-state index < -0.39 is 0 Å². The van der Waals surface area contributed by atoms with Gasteiger partial charge in [0.15, 0.2) is 5.82 Å². The van der Waals surface area contributed by atoms with Crippen LogP contribution in [-0.4, -0.2) is 53.1 Å². The van der Waals surface area contributed by atoms with Crippen molar-refractivity contribution in [1.82, 2.24) is 19.9 Å². The third-order valence-corrected chi connectivity index (χ3v) is 8.28. The third-order valence-electron chi connectivity index (χ3n) is 5.91. The summed E-state index contributed by atoms with van der Waals surface area (Å²) in [7, 11) is 3.19. The van der Waals surface area contributed by atoms with E-state index in [0.717, 1.165) is 47.2 Å². The number of aryl methyl sites for hydroxylation is 1. The van der Waals surface area contributed by atoms with Crippen molar-refractivity contribution in [1.29, 1.82) is 0 Å². The Labute approximate surface area is 194 Å². The van der Waals surface area contributed by atoms with Crippen molar-refractivity contribution in [2.45, 2.75) is 32.3 Å². The number of piperidine rings is 1. The highest BCUT2D eigenvalue weighted by Crippen LogP contribution is 2.38. The number of likely N-dealkylation sites (tertiary alicyclic amines) is 1. The van der Waals surface area contributed by atoms with Crippen molar-refractivity contribution in [2.24, 2.45) is 0 Å². The van der Waals surface area contributed by atoms with E-state index in [4.69, 9.17) is 14.5 Å². The topological polar surface area (TPSA) is 77.4 Å². The molecule has 1 aliphatic rings. The zero-order chi connectivity index (χ0) is 22.2. The van der Waals surface area contributed by atoms with Crippen molar-refractivity contribution in [3.8, 4) is 5.88 Å².